The fraction of sp³-hybridized carbons (Fsp3) is 0.235. The number of amides is 1. The molecule has 1 unspecified atom stereocenters. The van der Waals surface area contributed by atoms with Crippen LogP contribution in [0.5, 0.6) is 5.75 Å². The molecule has 1 N–H and O–H groups in total. The summed E-state index contributed by atoms with van der Waals surface area (Å²) in [6.07, 6.45) is -5.22. The zero-order valence-electron chi connectivity index (χ0n) is 13.1. The quantitative estimate of drug-likeness (QED) is 0.579. The van der Waals surface area contributed by atoms with Crippen LogP contribution in [0.25, 0.3) is 0 Å². The molecule has 0 radical (unpaired) electrons. The normalized spacial score (nSPS) is 12.5. The zero-order chi connectivity index (χ0) is 18.4. The molecule has 2 rings (SSSR count). The number of carbonyl (C=O) groups excluding carboxylic acids is 1. The molecule has 134 valence electrons. The van der Waals surface area contributed by atoms with Crippen molar-refractivity contribution in [3.63, 3.8) is 0 Å². The first-order valence-corrected chi connectivity index (χ1v) is 8.25. The fourth-order valence-electron chi connectivity index (χ4n) is 1.86. The number of para-hydroxylation sites is 1. The van der Waals surface area contributed by atoms with Crippen molar-refractivity contribution in [1.82, 2.24) is 0 Å². The van der Waals surface area contributed by atoms with E-state index < -0.39 is 29.8 Å². The summed E-state index contributed by atoms with van der Waals surface area (Å²) in [4.78, 5) is 12.5. The highest BCUT2D eigenvalue weighted by Crippen LogP contribution is 2.32. The summed E-state index contributed by atoms with van der Waals surface area (Å²) in [5.41, 5.74) is 0.274. The van der Waals surface area contributed by atoms with Crippen LogP contribution >= 0.6 is 11.8 Å². The van der Waals surface area contributed by atoms with E-state index in [1.807, 2.05) is 0 Å². The average Bonchev–Trinajstić information content (AvgIpc) is 2.55. The van der Waals surface area contributed by atoms with Crippen molar-refractivity contribution in [2.75, 3.05) is 11.1 Å². The molecule has 1 atom stereocenters. The summed E-state index contributed by atoms with van der Waals surface area (Å²) in [5, 5.41) is 2.55. The second-order valence-electron chi connectivity index (χ2n) is 5.10. The number of carbonyl (C=O) groups is 1. The van der Waals surface area contributed by atoms with E-state index in [4.69, 9.17) is 4.74 Å². The van der Waals surface area contributed by atoms with Crippen LogP contribution in [-0.4, -0.2) is 23.9 Å². The predicted molar refractivity (Wildman–Crippen MR) is 88.3 cm³/mol. The molecule has 3 nitrogen and oxygen atoms in total. The molecule has 2 aromatic rings. The first kappa shape index (κ1) is 19.1. The molecule has 0 bridgehead atoms. The summed E-state index contributed by atoms with van der Waals surface area (Å²) in [7, 11) is 0. The standard InChI is InChI=1S/C17H15F4NO2S/c1-11(24-13-8-6-12(18)7-9-13)16(23)22-14-4-2-3-5-15(14)25-10-17(19,20)21/h2-9,11H,10H2,1H3,(H,22,23). The topological polar surface area (TPSA) is 38.3 Å². The lowest BCUT2D eigenvalue weighted by Crippen LogP contribution is -2.30. The minimum absolute atomic E-state index is 0.274. The Morgan fingerprint density at radius 3 is 2.44 bits per heavy atom. The van der Waals surface area contributed by atoms with Crippen LogP contribution in [0, 0.1) is 5.82 Å². The summed E-state index contributed by atoms with van der Waals surface area (Å²) < 4.78 is 55.4. The fourth-order valence-corrected chi connectivity index (χ4v) is 2.63. The Kier molecular flexibility index (Phi) is 6.30. The van der Waals surface area contributed by atoms with Crippen LogP contribution in [-0.2, 0) is 4.79 Å². The largest absolute Gasteiger partial charge is 0.481 e. The second kappa shape index (κ2) is 8.24. The molecule has 0 aliphatic heterocycles. The molecule has 0 saturated carbocycles. The van der Waals surface area contributed by atoms with E-state index in [0.717, 1.165) is 0 Å². The van der Waals surface area contributed by atoms with Crippen molar-refractivity contribution in [3.8, 4) is 5.75 Å². The van der Waals surface area contributed by atoms with Crippen LogP contribution in [0.3, 0.4) is 0 Å². The number of rotatable bonds is 6. The van der Waals surface area contributed by atoms with E-state index in [2.05, 4.69) is 5.32 Å². The van der Waals surface area contributed by atoms with Gasteiger partial charge in [-0.15, -0.1) is 11.8 Å². The van der Waals surface area contributed by atoms with Gasteiger partial charge in [-0.2, -0.15) is 13.2 Å². The van der Waals surface area contributed by atoms with Crippen molar-refractivity contribution < 1.29 is 27.1 Å². The lowest BCUT2D eigenvalue weighted by atomic mass is 10.3. The maximum atomic E-state index is 12.9. The van der Waals surface area contributed by atoms with E-state index in [9.17, 15) is 22.4 Å². The van der Waals surface area contributed by atoms with Gasteiger partial charge in [0.25, 0.3) is 5.91 Å². The Hall–Kier alpha value is -2.22. The van der Waals surface area contributed by atoms with Crippen molar-refractivity contribution in [2.45, 2.75) is 24.1 Å². The lowest BCUT2D eigenvalue weighted by Gasteiger charge is -2.16. The van der Waals surface area contributed by atoms with Gasteiger partial charge in [-0.25, -0.2) is 4.39 Å². The molecule has 8 heteroatoms. The van der Waals surface area contributed by atoms with E-state index in [1.54, 1.807) is 12.1 Å². The Balaban J connectivity index is 2.00. The average molecular weight is 373 g/mol. The van der Waals surface area contributed by atoms with Crippen LogP contribution in [0.4, 0.5) is 23.2 Å². The molecule has 0 aliphatic carbocycles. The third kappa shape index (κ3) is 6.30. The number of nitrogens with one attached hydrogen (secondary N) is 1. The molecule has 0 saturated heterocycles. The van der Waals surface area contributed by atoms with E-state index in [0.29, 0.717) is 22.4 Å². The van der Waals surface area contributed by atoms with Gasteiger partial charge in [0, 0.05) is 4.90 Å². The number of thioether (sulfide) groups is 1. The Morgan fingerprint density at radius 1 is 1.16 bits per heavy atom. The number of benzene rings is 2. The lowest BCUT2D eigenvalue weighted by molar-refractivity contribution is -0.122. The minimum Gasteiger partial charge on any atom is -0.481 e. The highest BCUT2D eigenvalue weighted by atomic mass is 32.2. The van der Waals surface area contributed by atoms with Gasteiger partial charge in [0.1, 0.15) is 11.6 Å². The SMILES string of the molecule is CC(Oc1ccc(F)cc1)C(=O)Nc1ccccc1SCC(F)(F)F. The van der Waals surface area contributed by atoms with E-state index in [-0.39, 0.29) is 5.69 Å². The number of halogens is 4. The molecule has 1 amide bonds. The monoisotopic (exact) mass is 373 g/mol. The van der Waals surface area contributed by atoms with Crippen LogP contribution in [0.15, 0.2) is 53.4 Å². The van der Waals surface area contributed by atoms with Crippen LogP contribution in [0.1, 0.15) is 6.92 Å². The highest BCUT2D eigenvalue weighted by molar-refractivity contribution is 7.99. The first-order valence-electron chi connectivity index (χ1n) is 7.26. The summed E-state index contributed by atoms with van der Waals surface area (Å²) in [6, 6.07) is 11.4. The molecule has 25 heavy (non-hydrogen) atoms. The number of anilines is 1. The number of ether oxygens (including phenoxy) is 1. The van der Waals surface area contributed by atoms with Gasteiger partial charge in [0.2, 0.25) is 0 Å². The highest BCUT2D eigenvalue weighted by Gasteiger charge is 2.28. The smallest absolute Gasteiger partial charge is 0.398 e. The van der Waals surface area contributed by atoms with Gasteiger partial charge < -0.3 is 10.1 Å². The molecule has 0 heterocycles. The molecule has 0 fully saturated rings. The van der Waals surface area contributed by atoms with Gasteiger partial charge in [-0.1, -0.05) is 12.1 Å². The van der Waals surface area contributed by atoms with Crippen molar-refractivity contribution >= 4 is 23.4 Å². The van der Waals surface area contributed by atoms with E-state index >= 15 is 0 Å². The van der Waals surface area contributed by atoms with Crippen LogP contribution in [0.2, 0.25) is 0 Å². The van der Waals surface area contributed by atoms with Gasteiger partial charge >= 0.3 is 6.18 Å². The Bertz CT molecular complexity index is 719. The Labute approximate surface area is 146 Å². The van der Waals surface area contributed by atoms with Gasteiger partial charge in [0.15, 0.2) is 6.10 Å². The summed E-state index contributed by atoms with van der Waals surface area (Å²) in [6.45, 7) is 1.49. The van der Waals surface area contributed by atoms with Crippen molar-refractivity contribution in [2.24, 2.45) is 0 Å². The predicted octanol–water partition coefficient (Wildman–Crippen LogP) is 4.89. The first-order chi connectivity index (χ1) is 11.7. The van der Waals surface area contributed by atoms with Gasteiger partial charge in [0.05, 0.1) is 11.4 Å². The molecule has 0 aliphatic rings. The summed E-state index contributed by atoms with van der Waals surface area (Å²) in [5.74, 6) is -1.70. The maximum absolute atomic E-state index is 12.9. The Morgan fingerprint density at radius 2 is 1.80 bits per heavy atom. The third-order valence-corrected chi connectivity index (χ3v) is 4.17. The number of hydrogen-bond donors (Lipinski definition) is 1. The molecular weight excluding hydrogens is 358 g/mol. The van der Waals surface area contributed by atoms with E-state index in [1.165, 1.54) is 43.3 Å². The van der Waals surface area contributed by atoms with Gasteiger partial charge in [-0.3, -0.25) is 4.79 Å². The molecule has 0 aromatic heterocycles. The molecule has 0 spiro atoms. The van der Waals surface area contributed by atoms with Crippen LogP contribution < -0.4 is 10.1 Å². The minimum atomic E-state index is -4.30. The number of hydrogen-bond acceptors (Lipinski definition) is 3. The summed E-state index contributed by atoms with van der Waals surface area (Å²) >= 11 is 0.591. The second-order valence-corrected chi connectivity index (χ2v) is 6.12. The maximum Gasteiger partial charge on any atom is 0.398 e. The van der Waals surface area contributed by atoms with Crippen molar-refractivity contribution in [1.29, 1.82) is 0 Å². The van der Waals surface area contributed by atoms with Crippen molar-refractivity contribution in [3.05, 3.63) is 54.3 Å². The molecule has 2 aromatic carbocycles. The number of alkyl halides is 3. The third-order valence-electron chi connectivity index (χ3n) is 3.03. The molecular formula is C17H15F4NO2S. The zero-order valence-corrected chi connectivity index (χ0v) is 14.0. The van der Waals surface area contributed by atoms with Gasteiger partial charge in [-0.05, 0) is 43.3 Å².